The van der Waals surface area contributed by atoms with Gasteiger partial charge in [-0.2, -0.15) is 5.10 Å². The zero-order valence-electron chi connectivity index (χ0n) is 13.5. The molecule has 0 spiro atoms. The van der Waals surface area contributed by atoms with Gasteiger partial charge in [0.15, 0.2) is 5.69 Å². The number of hydrogen-bond donors (Lipinski definition) is 1. The van der Waals surface area contributed by atoms with E-state index < -0.39 is 17.5 Å². The Morgan fingerprint density at radius 1 is 1.20 bits per heavy atom. The maximum atomic E-state index is 12.3. The molecule has 0 atom stereocenters. The topological polar surface area (TPSA) is 111 Å². The molecular formula is C17H14N2O6. The zero-order chi connectivity index (χ0) is 18.0. The molecule has 0 saturated carbocycles. The van der Waals surface area contributed by atoms with E-state index in [1.54, 1.807) is 37.3 Å². The second-order valence-electron chi connectivity index (χ2n) is 5.24. The van der Waals surface area contributed by atoms with E-state index in [-0.39, 0.29) is 18.1 Å². The molecule has 1 N–H and O–H groups in total. The fourth-order valence-corrected chi connectivity index (χ4v) is 2.39. The molecule has 0 unspecified atom stereocenters. The van der Waals surface area contributed by atoms with E-state index >= 15 is 0 Å². The van der Waals surface area contributed by atoms with Crippen molar-refractivity contribution in [3.05, 3.63) is 63.5 Å². The number of H-pyrrole nitrogens is 1. The third kappa shape index (κ3) is 3.14. The van der Waals surface area contributed by atoms with Crippen molar-refractivity contribution in [1.82, 2.24) is 10.2 Å². The Bertz CT molecular complexity index is 1020. The molecule has 8 heteroatoms. The SMILES string of the molecule is COC(=O)c1oc(COC(=O)c2n[nH]c(=O)c3ccccc23)cc1C. The fraction of sp³-hybridized carbons (Fsp3) is 0.176. The molecule has 0 amide bonds. The van der Waals surface area contributed by atoms with Gasteiger partial charge in [-0.15, -0.1) is 0 Å². The number of aromatic amines is 1. The van der Waals surface area contributed by atoms with Crippen molar-refractivity contribution < 1.29 is 23.5 Å². The molecule has 0 aliphatic heterocycles. The van der Waals surface area contributed by atoms with Crippen LogP contribution in [-0.4, -0.2) is 29.2 Å². The molecule has 0 bridgehead atoms. The van der Waals surface area contributed by atoms with Crippen LogP contribution in [0.4, 0.5) is 0 Å². The average molecular weight is 342 g/mol. The smallest absolute Gasteiger partial charge is 0.374 e. The van der Waals surface area contributed by atoms with Crippen molar-refractivity contribution in [1.29, 1.82) is 0 Å². The number of benzene rings is 1. The number of fused-ring (bicyclic) bond motifs is 1. The summed E-state index contributed by atoms with van der Waals surface area (Å²) in [6.07, 6.45) is 0. The van der Waals surface area contributed by atoms with Crippen LogP contribution in [0, 0.1) is 6.92 Å². The maximum Gasteiger partial charge on any atom is 0.374 e. The number of aromatic nitrogens is 2. The maximum absolute atomic E-state index is 12.3. The normalized spacial score (nSPS) is 10.6. The Morgan fingerprint density at radius 3 is 2.64 bits per heavy atom. The second kappa shape index (κ2) is 6.60. The highest BCUT2D eigenvalue weighted by Crippen LogP contribution is 2.18. The molecule has 3 rings (SSSR count). The molecular weight excluding hydrogens is 328 g/mol. The molecule has 0 fully saturated rings. The highest BCUT2D eigenvalue weighted by molar-refractivity contribution is 6.01. The van der Waals surface area contributed by atoms with E-state index in [4.69, 9.17) is 9.15 Å². The van der Waals surface area contributed by atoms with E-state index in [1.807, 2.05) is 0 Å². The van der Waals surface area contributed by atoms with Crippen LogP contribution >= 0.6 is 0 Å². The van der Waals surface area contributed by atoms with Crippen LogP contribution in [0.25, 0.3) is 10.8 Å². The second-order valence-corrected chi connectivity index (χ2v) is 5.24. The summed E-state index contributed by atoms with van der Waals surface area (Å²) in [4.78, 5) is 35.5. The standard InChI is InChI=1S/C17H14N2O6/c1-9-7-10(25-14(9)17(22)23-2)8-24-16(21)13-11-5-3-4-6-12(11)15(20)19-18-13/h3-7H,8H2,1-2H3,(H,19,20). The predicted molar refractivity (Wildman–Crippen MR) is 86.3 cm³/mol. The number of carbonyl (C=O) groups excluding carboxylic acids is 2. The summed E-state index contributed by atoms with van der Waals surface area (Å²) in [5, 5.41) is 6.76. The average Bonchev–Trinajstić information content (AvgIpc) is 3.00. The van der Waals surface area contributed by atoms with E-state index in [0.29, 0.717) is 22.1 Å². The lowest BCUT2D eigenvalue weighted by Crippen LogP contribution is -2.15. The zero-order valence-corrected chi connectivity index (χ0v) is 13.5. The van der Waals surface area contributed by atoms with Crippen molar-refractivity contribution in [3.8, 4) is 0 Å². The quantitative estimate of drug-likeness (QED) is 0.721. The van der Waals surface area contributed by atoms with Crippen LogP contribution in [0.2, 0.25) is 0 Å². The minimum Gasteiger partial charge on any atom is -0.463 e. The van der Waals surface area contributed by atoms with Crippen molar-refractivity contribution in [3.63, 3.8) is 0 Å². The number of rotatable bonds is 4. The van der Waals surface area contributed by atoms with Gasteiger partial charge in [0.25, 0.3) is 5.56 Å². The van der Waals surface area contributed by atoms with Gasteiger partial charge in [0.1, 0.15) is 12.4 Å². The first kappa shape index (κ1) is 16.4. The molecule has 128 valence electrons. The van der Waals surface area contributed by atoms with E-state index in [0.717, 1.165) is 0 Å². The Hall–Kier alpha value is -3.42. The lowest BCUT2D eigenvalue weighted by molar-refractivity contribution is 0.0433. The van der Waals surface area contributed by atoms with Gasteiger partial charge in [-0.1, -0.05) is 18.2 Å². The summed E-state index contributed by atoms with van der Waals surface area (Å²) in [6.45, 7) is 1.49. The highest BCUT2D eigenvalue weighted by Gasteiger charge is 2.19. The number of carbonyl (C=O) groups is 2. The molecule has 1 aromatic carbocycles. The monoisotopic (exact) mass is 342 g/mol. The number of methoxy groups -OCH3 is 1. The van der Waals surface area contributed by atoms with Gasteiger partial charge in [-0.3, -0.25) is 4.79 Å². The Morgan fingerprint density at radius 2 is 1.92 bits per heavy atom. The first-order valence-electron chi connectivity index (χ1n) is 7.33. The Balaban J connectivity index is 1.81. The summed E-state index contributed by atoms with van der Waals surface area (Å²) in [7, 11) is 1.25. The summed E-state index contributed by atoms with van der Waals surface area (Å²) in [6, 6.07) is 8.16. The molecule has 2 aromatic heterocycles. The molecule has 8 nitrogen and oxygen atoms in total. The van der Waals surface area contributed by atoms with Crippen molar-refractivity contribution in [2.45, 2.75) is 13.5 Å². The first-order valence-corrected chi connectivity index (χ1v) is 7.33. The molecule has 3 aromatic rings. The molecule has 0 radical (unpaired) electrons. The summed E-state index contributed by atoms with van der Waals surface area (Å²) in [5.41, 5.74) is 0.175. The van der Waals surface area contributed by atoms with Gasteiger partial charge >= 0.3 is 11.9 Å². The van der Waals surface area contributed by atoms with Gasteiger partial charge in [-0.05, 0) is 19.1 Å². The Labute approximate surface area is 141 Å². The van der Waals surface area contributed by atoms with Crippen LogP contribution in [0.3, 0.4) is 0 Å². The summed E-state index contributed by atoms with van der Waals surface area (Å²) in [5.74, 6) is -0.981. The number of aryl methyl sites for hydroxylation is 1. The minimum absolute atomic E-state index is 0.00771. The van der Waals surface area contributed by atoms with Gasteiger partial charge in [0.05, 0.1) is 12.5 Å². The van der Waals surface area contributed by atoms with Gasteiger partial charge in [-0.25, -0.2) is 14.7 Å². The van der Waals surface area contributed by atoms with Crippen molar-refractivity contribution in [2.24, 2.45) is 0 Å². The summed E-state index contributed by atoms with van der Waals surface area (Å²) < 4.78 is 15.1. The summed E-state index contributed by atoms with van der Waals surface area (Å²) >= 11 is 0. The van der Waals surface area contributed by atoms with Crippen molar-refractivity contribution in [2.75, 3.05) is 7.11 Å². The number of esters is 2. The molecule has 0 aliphatic rings. The van der Waals surface area contributed by atoms with E-state index in [1.165, 1.54) is 7.11 Å². The number of ether oxygens (including phenoxy) is 2. The third-order valence-corrected chi connectivity index (χ3v) is 3.57. The molecule has 0 aliphatic carbocycles. The lowest BCUT2D eigenvalue weighted by Gasteiger charge is -2.05. The van der Waals surface area contributed by atoms with Crippen LogP contribution in [0.5, 0.6) is 0 Å². The van der Waals surface area contributed by atoms with Crippen LogP contribution in [-0.2, 0) is 16.1 Å². The van der Waals surface area contributed by atoms with Gasteiger partial charge in [0, 0.05) is 10.9 Å². The Kier molecular flexibility index (Phi) is 4.34. The minimum atomic E-state index is -0.721. The van der Waals surface area contributed by atoms with Crippen LogP contribution in [0.15, 0.2) is 39.5 Å². The molecule has 25 heavy (non-hydrogen) atoms. The number of hydrogen-bond acceptors (Lipinski definition) is 7. The third-order valence-electron chi connectivity index (χ3n) is 3.57. The number of furan rings is 1. The van der Waals surface area contributed by atoms with Gasteiger partial charge < -0.3 is 13.9 Å². The van der Waals surface area contributed by atoms with Crippen LogP contribution < -0.4 is 5.56 Å². The first-order chi connectivity index (χ1) is 12.0. The lowest BCUT2D eigenvalue weighted by atomic mass is 10.1. The largest absolute Gasteiger partial charge is 0.463 e. The molecule has 0 saturated heterocycles. The molecule has 2 heterocycles. The predicted octanol–water partition coefficient (Wildman–Crippen LogP) is 1.97. The van der Waals surface area contributed by atoms with Crippen LogP contribution in [0.1, 0.15) is 32.4 Å². The van der Waals surface area contributed by atoms with Gasteiger partial charge in [0.2, 0.25) is 5.76 Å². The number of nitrogens with one attached hydrogen (secondary N) is 1. The van der Waals surface area contributed by atoms with Crippen molar-refractivity contribution >= 4 is 22.7 Å². The van der Waals surface area contributed by atoms with E-state index in [9.17, 15) is 14.4 Å². The highest BCUT2D eigenvalue weighted by atomic mass is 16.6. The fourth-order valence-electron chi connectivity index (χ4n) is 2.39. The van der Waals surface area contributed by atoms with E-state index in [2.05, 4.69) is 14.9 Å². The number of nitrogens with zero attached hydrogens (tertiary/aromatic N) is 1.